The van der Waals surface area contributed by atoms with E-state index in [0.29, 0.717) is 11.8 Å². The summed E-state index contributed by atoms with van der Waals surface area (Å²) in [5.74, 6) is 0.970. The van der Waals surface area contributed by atoms with E-state index in [0.717, 1.165) is 23.7 Å². The fraction of sp³-hybridized carbons (Fsp3) is 0.478. The predicted molar refractivity (Wildman–Crippen MR) is 133 cm³/mol. The van der Waals surface area contributed by atoms with Gasteiger partial charge in [-0.1, -0.05) is 29.6 Å². The minimum atomic E-state index is -3.93. The molecule has 2 fully saturated rings. The highest BCUT2D eigenvalue weighted by Crippen LogP contribution is 2.49. The monoisotopic (exact) mass is 544 g/mol. The summed E-state index contributed by atoms with van der Waals surface area (Å²) in [5.41, 5.74) is 0.431. The maximum absolute atomic E-state index is 12.6. The molecule has 2 aliphatic carbocycles. The van der Waals surface area contributed by atoms with Crippen LogP contribution in [0, 0.1) is 17.8 Å². The van der Waals surface area contributed by atoms with Crippen molar-refractivity contribution in [3.8, 4) is 0 Å². The molecule has 1 aromatic carbocycles. The van der Waals surface area contributed by atoms with E-state index < -0.39 is 22.1 Å². The fourth-order valence-electron chi connectivity index (χ4n) is 5.03. The van der Waals surface area contributed by atoms with E-state index in [1.54, 1.807) is 6.92 Å². The Morgan fingerprint density at radius 1 is 1.12 bits per heavy atom. The Balaban J connectivity index is 1.31. The number of halogens is 2. The first-order valence-corrected chi connectivity index (χ1v) is 14.2. The number of benzene rings is 1. The van der Waals surface area contributed by atoms with Crippen molar-refractivity contribution in [2.24, 2.45) is 17.8 Å². The van der Waals surface area contributed by atoms with E-state index in [9.17, 15) is 18.0 Å². The van der Waals surface area contributed by atoms with E-state index in [-0.39, 0.29) is 36.8 Å². The number of carbonyl (C=O) groups is 2. The number of hydrogen-bond donors (Lipinski definition) is 2. The summed E-state index contributed by atoms with van der Waals surface area (Å²) in [4.78, 5) is 25.0. The van der Waals surface area contributed by atoms with Gasteiger partial charge in [0.15, 0.2) is 6.10 Å². The molecule has 5 unspecified atom stereocenters. The fourth-order valence-corrected chi connectivity index (χ4v) is 8.24. The first-order chi connectivity index (χ1) is 16.0. The molecule has 0 aliphatic heterocycles. The van der Waals surface area contributed by atoms with E-state index >= 15 is 0 Å². The van der Waals surface area contributed by atoms with Gasteiger partial charge in [0.25, 0.3) is 15.9 Å². The van der Waals surface area contributed by atoms with Crippen molar-refractivity contribution in [3.63, 3.8) is 0 Å². The van der Waals surface area contributed by atoms with Crippen molar-refractivity contribution in [1.82, 2.24) is 5.32 Å². The summed E-state index contributed by atoms with van der Waals surface area (Å²) in [6.07, 6.45) is 4.00. The van der Waals surface area contributed by atoms with Crippen molar-refractivity contribution in [3.05, 3.63) is 44.6 Å². The molecule has 0 radical (unpaired) electrons. The van der Waals surface area contributed by atoms with Crippen LogP contribution < -0.4 is 10.0 Å². The number of thiophene rings is 1. The Morgan fingerprint density at radius 2 is 1.82 bits per heavy atom. The van der Waals surface area contributed by atoms with Gasteiger partial charge in [0.2, 0.25) is 0 Å². The molecule has 2 bridgehead atoms. The number of ether oxygens (including phenoxy) is 1. The number of nitrogens with one attached hydrogen (secondary N) is 2. The summed E-state index contributed by atoms with van der Waals surface area (Å²) in [5, 5.41) is 3.01. The third-order valence-electron chi connectivity index (χ3n) is 6.75. The predicted octanol–water partition coefficient (Wildman–Crippen LogP) is 5.34. The average molecular weight is 546 g/mol. The Bertz CT molecular complexity index is 1180. The molecule has 2 N–H and O–H groups in total. The SMILES string of the molecule is CC(OC(=O)c1ccc(NS(=O)(=O)c2cc(Cl)sc2Cl)cc1)C(=O)NC(C)C1CC2CCC1C2. The second-order valence-electron chi connectivity index (χ2n) is 9.05. The summed E-state index contributed by atoms with van der Waals surface area (Å²) < 4.78 is 33.1. The lowest BCUT2D eigenvalue weighted by atomic mass is 9.84. The van der Waals surface area contributed by atoms with Gasteiger partial charge in [-0.15, -0.1) is 11.3 Å². The minimum Gasteiger partial charge on any atom is -0.449 e. The lowest BCUT2D eigenvalue weighted by molar-refractivity contribution is -0.130. The topological polar surface area (TPSA) is 102 Å². The Hall–Kier alpha value is -1.81. The van der Waals surface area contributed by atoms with Gasteiger partial charge in [0.1, 0.15) is 9.23 Å². The lowest BCUT2D eigenvalue weighted by Crippen LogP contribution is -2.45. The first-order valence-electron chi connectivity index (χ1n) is 11.1. The van der Waals surface area contributed by atoms with Gasteiger partial charge in [-0.05, 0) is 81.2 Å². The molecule has 1 amide bonds. The zero-order valence-electron chi connectivity index (χ0n) is 18.7. The summed E-state index contributed by atoms with van der Waals surface area (Å²) in [7, 11) is -3.93. The number of sulfonamides is 1. The number of esters is 1. The van der Waals surface area contributed by atoms with Crippen LogP contribution in [0.25, 0.3) is 0 Å². The Labute approximate surface area is 213 Å². The first kappa shape index (κ1) is 25.3. The molecule has 7 nitrogen and oxygen atoms in total. The van der Waals surface area contributed by atoms with Gasteiger partial charge in [-0.25, -0.2) is 13.2 Å². The summed E-state index contributed by atoms with van der Waals surface area (Å²) in [6.45, 7) is 3.56. The molecule has 34 heavy (non-hydrogen) atoms. The Kier molecular flexibility index (Phi) is 7.47. The normalized spacial score (nSPS) is 23.4. The van der Waals surface area contributed by atoms with Crippen LogP contribution in [-0.4, -0.2) is 32.4 Å². The highest BCUT2D eigenvalue weighted by molar-refractivity contribution is 7.93. The van der Waals surface area contributed by atoms with Crippen LogP contribution in [0.2, 0.25) is 8.67 Å². The van der Waals surface area contributed by atoms with Crippen LogP contribution in [0.3, 0.4) is 0 Å². The number of amides is 1. The van der Waals surface area contributed by atoms with Crippen LogP contribution in [0.4, 0.5) is 5.69 Å². The van der Waals surface area contributed by atoms with Gasteiger partial charge in [-0.3, -0.25) is 9.52 Å². The zero-order valence-corrected chi connectivity index (χ0v) is 21.9. The molecular formula is C23H26Cl2N2O5S2. The van der Waals surface area contributed by atoms with Crippen molar-refractivity contribution in [2.75, 3.05) is 4.72 Å². The molecule has 11 heteroatoms. The quantitative estimate of drug-likeness (QED) is 0.436. The van der Waals surface area contributed by atoms with Gasteiger partial charge in [-0.2, -0.15) is 0 Å². The molecule has 184 valence electrons. The van der Waals surface area contributed by atoms with E-state index in [4.69, 9.17) is 27.9 Å². The van der Waals surface area contributed by atoms with E-state index in [1.165, 1.54) is 49.6 Å². The minimum absolute atomic E-state index is 0.0443. The van der Waals surface area contributed by atoms with Crippen LogP contribution in [0.1, 0.15) is 49.9 Å². The van der Waals surface area contributed by atoms with Crippen LogP contribution in [-0.2, 0) is 19.6 Å². The summed E-state index contributed by atoms with van der Waals surface area (Å²) in [6, 6.07) is 7.02. The largest absolute Gasteiger partial charge is 0.449 e. The van der Waals surface area contributed by atoms with Gasteiger partial charge in [0, 0.05) is 11.7 Å². The standard InChI is InChI=1S/C23H26Cl2N2O5S2/c1-12(18-10-14-3-4-16(18)9-14)26-22(28)13(2)32-23(29)15-5-7-17(8-6-15)27-34(30,31)19-11-20(24)33-21(19)25/h5-8,11-14,16,18,27H,3-4,9-10H2,1-2H3,(H,26,28). The maximum Gasteiger partial charge on any atom is 0.338 e. The van der Waals surface area contributed by atoms with Crippen LogP contribution in [0.15, 0.2) is 35.2 Å². The highest BCUT2D eigenvalue weighted by atomic mass is 35.5. The average Bonchev–Trinajstić information content (AvgIpc) is 3.49. The van der Waals surface area contributed by atoms with Gasteiger partial charge in [0.05, 0.1) is 9.90 Å². The molecule has 4 rings (SSSR count). The molecule has 5 atom stereocenters. The van der Waals surface area contributed by atoms with E-state index in [2.05, 4.69) is 10.0 Å². The number of hydrogen-bond acceptors (Lipinski definition) is 6. The third kappa shape index (κ3) is 5.53. The van der Waals surface area contributed by atoms with Crippen molar-refractivity contribution in [2.45, 2.75) is 56.6 Å². The molecule has 2 aromatic rings. The number of fused-ring (bicyclic) bond motifs is 2. The summed E-state index contributed by atoms with van der Waals surface area (Å²) >= 11 is 12.7. The maximum atomic E-state index is 12.6. The molecule has 0 saturated heterocycles. The molecule has 0 spiro atoms. The Morgan fingerprint density at radius 3 is 2.38 bits per heavy atom. The van der Waals surface area contributed by atoms with Gasteiger partial charge < -0.3 is 10.1 Å². The molecule has 2 saturated carbocycles. The highest BCUT2D eigenvalue weighted by Gasteiger charge is 2.42. The second-order valence-corrected chi connectivity index (χ2v) is 13.0. The van der Waals surface area contributed by atoms with Crippen molar-refractivity contribution < 1.29 is 22.7 Å². The van der Waals surface area contributed by atoms with Crippen molar-refractivity contribution in [1.29, 1.82) is 0 Å². The lowest BCUT2D eigenvalue weighted by Gasteiger charge is -2.29. The van der Waals surface area contributed by atoms with Crippen LogP contribution >= 0.6 is 34.5 Å². The number of anilines is 1. The van der Waals surface area contributed by atoms with E-state index in [1.807, 2.05) is 6.92 Å². The van der Waals surface area contributed by atoms with Crippen molar-refractivity contribution >= 4 is 62.1 Å². The number of rotatable bonds is 8. The smallest absolute Gasteiger partial charge is 0.338 e. The van der Waals surface area contributed by atoms with Gasteiger partial charge >= 0.3 is 5.97 Å². The molecular weight excluding hydrogens is 519 g/mol. The zero-order chi connectivity index (χ0) is 24.6. The number of carbonyl (C=O) groups excluding carboxylic acids is 2. The third-order valence-corrected chi connectivity index (χ3v) is 9.88. The van der Waals surface area contributed by atoms with Crippen LogP contribution in [0.5, 0.6) is 0 Å². The molecule has 2 aliphatic rings. The molecule has 1 aromatic heterocycles. The second kappa shape index (κ2) is 10.0. The molecule has 1 heterocycles.